The van der Waals surface area contributed by atoms with E-state index in [0.717, 1.165) is 9.90 Å². The minimum atomic E-state index is -0.0535. The standard InChI is InChI=1S/C14H16ClN3OS2/c1-9(2)20-14-18-17-13(21-14)16-12(19)8-5-10-3-6-11(15)7-4-10/h3-4,6-7,9H,5,8H2,1-2H3,(H,16,17,19). The third-order valence-corrected chi connectivity index (χ3v) is 4.72. The van der Waals surface area contributed by atoms with Gasteiger partial charge in [0.1, 0.15) is 0 Å². The molecule has 0 aliphatic carbocycles. The molecule has 4 nitrogen and oxygen atoms in total. The van der Waals surface area contributed by atoms with Crippen molar-refractivity contribution >= 4 is 45.7 Å². The number of benzene rings is 1. The minimum absolute atomic E-state index is 0.0535. The molecule has 0 saturated heterocycles. The predicted molar refractivity (Wildman–Crippen MR) is 89.3 cm³/mol. The van der Waals surface area contributed by atoms with Gasteiger partial charge in [-0.3, -0.25) is 4.79 Å². The molecule has 0 saturated carbocycles. The summed E-state index contributed by atoms with van der Waals surface area (Å²) in [4.78, 5) is 11.9. The molecule has 0 aliphatic heterocycles. The smallest absolute Gasteiger partial charge is 0.226 e. The number of hydrogen-bond acceptors (Lipinski definition) is 5. The van der Waals surface area contributed by atoms with Crippen LogP contribution in [0.15, 0.2) is 28.6 Å². The number of halogens is 1. The van der Waals surface area contributed by atoms with Gasteiger partial charge < -0.3 is 5.32 Å². The lowest BCUT2D eigenvalue weighted by atomic mass is 10.1. The maximum atomic E-state index is 11.9. The molecular formula is C14H16ClN3OS2. The molecular weight excluding hydrogens is 326 g/mol. The second-order valence-corrected chi connectivity index (χ2v) is 7.95. The summed E-state index contributed by atoms with van der Waals surface area (Å²) in [5.41, 5.74) is 1.09. The van der Waals surface area contributed by atoms with Crippen molar-refractivity contribution in [1.82, 2.24) is 10.2 Å². The molecule has 0 spiro atoms. The Morgan fingerprint density at radius 3 is 2.71 bits per heavy atom. The number of hydrogen-bond donors (Lipinski definition) is 1. The summed E-state index contributed by atoms with van der Waals surface area (Å²) in [6.07, 6.45) is 1.09. The van der Waals surface area contributed by atoms with Crippen LogP contribution >= 0.6 is 34.7 Å². The van der Waals surface area contributed by atoms with Gasteiger partial charge in [0.05, 0.1) is 0 Å². The Bertz CT molecular complexity index is 599. The lowest BCUT2D eigenvalue weighted by molar-refractivity contribution is -0.116. The van der Waals surface area contributed by atoms with E-state index in [1.165, 1.54) is 11.3 Å². The monoisotopic (exact) mass is 341 g/mol. The molecule has 1 aromatic heterocycles. The van der Waals surface area contributed by atoms with Crippen LogP contribution < -0.4 is 5.32 Å². The van der Waals surface area contributed by atoms with Gasteiger partial charge in [0.15, 0.2) is 4.34 Å². The van der Waals surface area contributed by atoms with E-state index in [1.807, 2.05) is 24.3 Å². The summed E-state index contributed by atoms with van der Waals surface area (Å²) in [5.74, 6) is -0.0535. The number of aromatic nitrogens is 2. The van der Waals surface area contributed by atoms with Gasteiger partial charge in [0.2, 0.25) is 11.0 Å². The topological polar surface area (TPSA) is 54.9 Å². The Labute approximate surface area is 137 Å². The molecule has 0 unspecified atom stereocenters. The van der Waals surface area contributed by atoms with E-state index in [4.69, 9.17) is 11.6 Å². The van der Waals surface area contributed by atoms with Crippen LogP contribution in [0, 0.1) is 0 Å². The SMILES string of the molecule is CC(C)Sc1nnc(NC(=O)CCc2ccc(Cl)cc2)s1. The highest BCUT2D eigenvalue weighted by Crippen LogP contribution is 2.28. The molecule has 0 fully saturated rings. The Kier molecular flexibility index (Phi) is 6.02. The number of nitrogens with zero attached hydrogens (tertiary/aromatic N) is 2. The van der Waals surface area contributed by atoms with E-state index in [1.54, 1.807) is 11.8 Å². The zero-order valence-corrected chi connectivity index (χ0v) is 14.2. The van der Waals surface area contributed by atoms with Crippen molar-refractivity contribution in [2.45, 2.75) is 36.3 Å². The fourth-order valence-electron chi connectivity index (χ4n) is 1.60. The average Bonchev–Trinajstić information content (AvgIpc) is 2.84. The number of amides is 1. The van der Waals surface area contributed by atoms with Crippen LogP contribution in [0.4, 0.5) is 5.13 Å². The van der Waals surface area contributed by atoms with Crippen LogP contribution in [-0.4, -0.2) is 21.4 Å². The number of rotatable bonds is 6. The Hall–Kier alpha value is -1.11. The molecule has 2 aromatic rings. The van der Waals surface area contributed by atoms with Crippen molar-refractivity contribution in [2.75, 3.05) is 5.32 Å². The van der Waals surface area contributed by atoms with Crippen LogP contribution in [0.25, 0.3) is 0 Å². The van der Waals surface area contributed by atoms with Gasteiger partial charge in [-0.1, -0.05) is 60.7 Å². The molecule has 1 N–H and O–H groups in total. The fraction of sp³-hybridized carbons (Fsp3) is 0.357. The quantitative estimate of drug-likeness (QED) is 0.630. The second-order valence-electron chi connectivity index (χ2n) is 4.71. The fourth-order valence-corrected chi connectivity index (χ4v) is 3.72. The van der Waals surface area contributed by atoms with Crippen LogP contribution in [0.5, 0.6) is 0 Å². The number of thioether (sulfide) groups is 1. The van der Waals surface area contributed by atoms with Crippen LogP contribution in [0.3, 0.4) is 0 Å². The van der Waals surface area contributed by atoms with Crippen molar-refractivity contribution < 1.29 is 4.79 Å². The second kappa shape index (κ2) is 7.77. The minimum Gasteiger partial charge on any atom is -0.300 e. The predicted octanol–water partition coefficient (Wildman–Crippen LogP) is 4.26. The van der Waals surface area contributed by atoms with E-state index in [-0.39, 0.29) is 5.91 Å². The van der Waals surface area contributed by atoms with Gasteiger partial charge >= 0.3 is 0 Å². The first-order valence-corrected chi connectivity index (χ1v) is 8.65. The normalized spacial score (nSPS) is 10.9. The molecule has 21 heavy (non-hydrogen) atoms. The first-order valence-electron chi connectivity index (χ1n) is 6.57. The zero-order valence-electron chi connectivity index (χ0n) is 11.8. The number of carbonyl (C=O) groups is 1. The Morgan fingerprint density at radius 2 is 2.05 bits per heavy atom. The number of nitrogens with one attached hydrogen (secondary N) is 1. The van der Waals surface area contributed by atoms with Crippen molar-refractivity contribution in [3.05, 3.63) is 34.9 Å². The van der Waals surface area contributed by atoms with E-state index in [2.05, 4.69) is 29.4 Å². The van der Waals surface area contributed by atoms with Gasteiger partial charge in [0.25, 0.3) is 0 Å². The number of carbonyl (C=O) groups excluding carboxylic acids is 1. The largest absolute Gasteiger partial charge is 0.300 e. The highest BCUT2D eigenvalue weighted by Gasteiger charge is 2.10. The van der Waals surface area contributed by atoms with Gasteiger partial charge in [-0.05, 0) is 24.1 Å². The molecule has 0 atom stereocenters. The summed E-state index contributed by atoms with van der Waals surface area (Å²) >= 11 is 8.87. The number of aryl methyl sites for hydroxylation is 1. The first-order chi connectivity index (χ1) is 10.0. The van der Waals surface area contributed by atoms with Crippen LogP contribution in [0.2, 0.25) is 5.02 Å². The molecule has 1 aromatic carbocycles. The molecule has 0 bridgehead atoms. The Morgan fingerprint density at radius 1 is 1.33 bits per heavy atom. The van der Waals surface area contributed by atoms with Crippen LogP contribution in [0.1, 0.15) is 25.8 Å². The van der Waals surface area contributed by atoms with Crippen LogP contribution in [-0.2, 0) is 11.2 Å². The Balaban J connectivity index is 1.81. The highest BCUT2D eigenvalue weighted by atomic mass is 35.5. The zero-order chi connectivity index (χ0) is 15.2. The van der Waals surface area contributed by atoms with Crippen molar-refractivity contribution in [3.8, 4) is 0 Å². The summed E-state index contributed by atoms with van der Waals surface area (Å²) < 4.78 is 0.873. The third kappa shape index (κ3) is 5.65. The van der Waals surface area contributed by atoms with Crippen molar-refractivity contribution in [1.29, 1.82) is 0 Å². The molecule has 0 radical (unpaired) electrons. The molecule has 1 heterocycles. The average molecular weight is 342 g/mol. The van der Waals surface area contributed by atoms with Gasteiger partial charge in [-0.25, -0.2) is 0 Å². The van der Waals surface area contributed by atoms with Gasteiger partial charge in [-0.2, -0.15) is 0 Å². The van der Waals surface area contributed by atoms with Crippen molar-refractivity contribution in [3.63, 3.8) is 0 Å². The number of anilines is 1. The highest BCUT2D eigenvalue weighted by molar-refractivity contribution is 8.01. The summed E-state index contributed by atoms with van der Waals surface area (Å²) in [6, 6.07) is 7.51. The summed E-state index contributed by atoms with van der Waals surface area (Å²) in [6.45, 7) is 4.19. The maximum absolute atomic E-state index is 11.9. The van der Waals surface area contributed by atoms with E-state index in [9.17, 15) is 4.79 Å². The summed E-state index contributed by atoms with van der Waals surface area (Å²) in [5, 5.41) is 12.5. The van der Waals surface area contributed by atoms with E-state index < -0.39 is 0 Å². The maximum Gasteiger partial charge on any atom is 0.226 e. The molecule has 112 valence electrons. The molecule has 2 rings (SSSR count). The van der Waals surface area contributed by atoms with E-state index in [0.29, 0.717) is 28.2 Å². The summed E-state index contributed by atoms with van der Waals surface area (Å²) in [7, 11) is 0. The molecule has 1 amide bonds. The molecule has 7 heteroatoms. The molecule has 0 aliphatic rings. The van der Waals surface area contributed by atoms with E-state index >= 15 is 0 Å². The van der Waals surface area contributed by atoms with Gasteiger partial charge in [-0.15, -0.1) is 10.2 Å². The first kappa shape index (κ1) is 16.3. The van der Waals surface area contributed by atoms with Gasteiger partial charge in [0, 0.05) is 16.7 Å². The lowest BCUT2D eigenvalue weighted by Gasteiger charge is -2.02. The van der Waals surface area contributed by atoms with Crippen molar-refractivity contribution in [2.24, 2.45) is 0 Å². The lowest BCUT2D eigenvalue weighted by Crippen LogP contribution is -2.12. The third-order valence-electron chi connectivity index (χ3n) is 2.54.